The van der Waals surface area contributed by atoms with Crippen molar-refractivity contribution in [2.45, 2.75) is 72.2 Å². The average molecular weight is 609 g/mol. The average Bonchev–Trinajstić information content (AvgIpc) is 2.87. The molecule has 0 unspecified atom stereocenters. The molecule has 1 atom stereocenters. The van der Waals surface area contributed by atoms with Gasteiger partial charge in [-0.25, -0.2) is 9.59 Å². The predicted octanol–water partition coefficient (Wildman–Crippen LogP) is 6.92. The van der Waals surface area contributed by atoms with Gasteiger partial charge in [0.15, 0.2) is 0 Å². The van der Waals surface area contributed by atoms with Gasteiger partial charge in [0.1, 0.15) is 28.7 Å². The lowest BCUT2D eigenvalue weighted by Gasteiger charge is -2.24. The van der Waals surface area contributed by atoms with Crippen molar-refractivity contribution >= 4 is 28.7 Å². The molecule has 1 aromatic heterocycles. The number of halogens is 3. The highest BCUT2D eigenvalue weighted by Crippen LogP contribution is 2.39. The molecule has 0 aliphatic heterocycles. The van der Waals surface area contributed by atoms with Crippen LogP contribution in [0.2, 0.25) is 0 Å². The van der Waals surface area contributed by atoms with Crippen LogP contribution in [0.5, 0.6) is 17.2 Å². The standard InChI is InChI=1S/C29H31F3N2O9/c1-7-16-13-19-22(14-21(16)42-26(36)20(12-15(2)3)33-27(37)43-28(4,5)6)41-25(29(30,31)32)24(23(19)35)40-18-10-8-17(9-11-18)34(38)39/h8-11,13-15,20H,7,12H2,1-6H3,(H,33,37)/t20-/m1/s1. The van der Waals surface area contributed by atoms with Gasteiger partial charge in [-0.2, -0.15) is 13.2 Å². The number of hydrogen-bond acceptors (Lipinski definition) is 9. The summed E-state index contributed by atoms with van der Waals surface area (Å²) in [6.07, 6.45) is -5.66. The van der Waals surface area contributed by atoms with Gasteiger partial charge >= 0.3 is 18.2 Å². The lowest BCUT2D eigenvalue weighted by atomic mass is 10.0. The Morgan fingerprint density at radius 2 is 1.72 bits per heavy atom. The van der Waals surface area contributed by atoms with E-state index >= 15 is 0 Å². The topological polar surface area (TPSA) is 147 Å². The van der Waals surface area contributed by atoms with Crippen LogP contribution in [0.4, 0.5) is 23.7 Å². The second-order valence-electron chi connectivity index (χ2n) is 11.0. The number of carbonyl (C=O) groups is 2. The lowest BCUT2D eigenvalue weighted by Crippen LogP contribution is -2.45. The maximum atomic E-state index is 14.0. The van der Waals surface area contributed by atoms with Gasteiger partial charge < -0.3 is 23.9 Å². The number of amides is 1. The van der Waals surface area contributed by atoms with Gasteiger partial charge in [-0.15, -0.1) is 0 Å². The minimum atomic E-state index is -5.18. The summed E-state index contributed by atoms with van der Waals surface area (Å²) in [6, 6.07) is 5.17. The number of non-ortho nitro benzene ring substituents is 1. The van der Waals surface area contributed by atoms with Gasteiger partial charge in [0.25, 0.3) is 11.4 Å². The molecule has 0 spiro atoms. The Hall–Kier alpha value is -4.62. The minimum Gasteiger partial charge on any atom is -0.449 e. The Kier molecular flexibility index (Phi) is 9.72. The van der Waals surface area contributed by atoms with E-state index in [0.717, 1.165) is 30.3 Å². The molecule has 2 aromatic carbocycles. The molecule has 14 heteroatoms. The molecule has 1 N–H and O–H groups in total. The maximum absolute atomic E-state index is 14.0. The van der Waals surface area contributed by atoms with Gasteiger partial charge in [0, 0.05) is 18.2 Å². The summed E-state index contributed by atoms with van der Waals surface area (Å²) < 4.78 is 63.1. The van der Waals surface area contributed by atoms with E-state index in [9.17, 15) is 37.7 Å². The van der Waals surface area contributed by atoms with Gasteiger partial charge in [-0.1, -0.05) is 20.8 Å². The predicted molar refractivity (Wildman–Crippen MR) is 148 cm³/mol. The first-order valence-electron chi connectivity index (χ1n) is 13.2. The number of nitrogens with zero attached hydrogens (tertiary/aromatic N) is 1. The van der Waals surface area contributed by atoms with Crippen LogP contribution in [-0.2, 0) is 22.1 Å². The van der Waals surface area contributed by atoms with E-state index < -0.39 is 57.3 Å². The number of benzene rings is 2. The Bertz CT molecular complexity index is 1570. The third-order valence-corrected chi connectivity index (χ3v) is 5.83. The smallest absolute Gasteiger partial charge is 0.449 e. The quantitative estimate of drug-likeness (QED) is 0.118. The van der Waals surface area contributed by atoms with Crippen LogP contribution < -0.4 is 20.2 Å². The SMILES string of the molecule is CCc1cc2c(=O)c(Oc3ccc([N+](=O)[O-])cc3)c(C(F)(F)F)oc2cc1OC(=O)[C@@H](CC(C)C)NC(=O)OC(C)(C)C. The van der Waals surface area contributed by atoms with E-state index in [0.29, 0.717) is 0 Å². The molecule has 0 saturated heterocycles. The molecule has 3 rings (SSSR count). The van der Waals surface area contributed by atoms with E-state index in [1.54, 1.807) is 27.7 Å². The van der Waals surface area contributed by atoms with Crippen LogP contribution in [0.25, 0.3) is 11.0 Å². The van der Waals surface area contributed by atoms with E-state index in [4.69, 9.17) is 18.6 Å². The highest BCUT2D eigenvalue weighted by molar-refractivity contribution is 5.86. The summed E-state index contributed by atoms with van der Waals surface area (Å²) in [5, 5.41) is 13.1. The summed E-state index contributed by atoms with van der Waals surface area (Å²) in [6.45, 7) is 10.2. The van der Waals surface area contributed by atoms with Crippen molar-refractivity contribution < 1.29 is 46.3 Å². The highest BCUT2D eigenvalue weighted by Gasteiger charge is 2.41. The zero-order valence-corrected chi connectivity index (χ0v) is 24.3. The summed E-state index contributed by atoms with van der Waals surface area (Å²) in [5.41, 5.74) is -2.58. The van der Waals surface area contributed by atoms with Gasteiger partial charge in [-0.3, -0.25) is 14.9 Å². The normalized spacial score (nSPS) is 12.6. The monoisotopic (exact) mass is 608 g/mol. The van der Waals surface area contributed by atoms with E-state index in [2.05, 4.69) is 5.32 Å². The summed E-state index contributed by atoms with van der Waals surface area (Å²) >= 11 is 0. The Balaban J connectivity index is 2.05. The highest BCUT2D eigenvalue weighted by atomic mass is 19.4. The zero-order valence-electron chi connectivity index (χ0n) is 24.3. The molecule has 11 nitrogen and oxygen atoms in total. The minimum absolute atomic E-state index is 0.0590. The molecule has 1 amide bonds. The number of nitro benzene ring substituents is 1. The summed E-state index contributed by atoms with van der Waals surface area (Å²) in [4.78, 5) is 49.0. The van der Waals surface area contributed by atoms with Crippen molar-refractivity contribution in [3.8, 4) is 17.2 Å². The molecule has 3 aromatic rings. The molecule has 0 bridgehead atoms. The first-order chi connectivity index (χ1) is 19.9. The number of ether oxygens (including phenoxy) is 3. The molecular formula is C29H31F3N2O9. The fraction of sp³-hybridized carbons (Fsp3) is 0.414. The molecule has 0 fully saturated rings. The number of rotatable bonds is 9. The molecule has 0 aliphatic rings. The molecule has 0 saturated carbocycles. The van der Waals surface area contributed by atoms with Crippen LogP contribution in [0.15, 0.2) is 45.6 Å². The number of carbonyl (C=O) groups excluding carboxylic acids is 2. The van der Waals surface area contributed by atoms with Gasteiger partial charge in [0.05, 0.1) is 10.3 Å². The van der Waals surface area contributed by atoms with Crippen molar-refractivity contribution in [3.63, 3.8) is 0 Å². The molecular weight excluding hydrogens is 577 g/mol. The van der Waals surface area contributed by atoms with Crippen LogP contribution in [0.3, 0.4) is 0 Å². The fourth-order valence-electron chi connectivity index (χ4n) is 3.97. The zero-order chi connectivity index (χ0) is 32.3. The van der Waals surface area contributed by atoms with E-state index in [1.165, 1.54) is 6.07 Å². The van der Waals surface area contributed by atoms with Crippen molar-refractivity contribution in [2.24, 2.45) is 5.92 Å². The van der Waals surface area contributed by atoms with Crippen LogP contribution in [0, 0.1) is 16.0 Å². The number of nitrogens with one attached hydrogen (secondary N) is 1. The molecule has 43 heavy (non-hydrogen) atoms. The Labute approximate surface area is 244 Å². The number of alkyl carbamates (subject to hydrolysis) is 1. The third-order valence-electron chi connectivity index (χ3n) is 5.83. The first kappa shape index (κ1) is 32.9. The number of alkyl halides is 3. The van der Waals surface area contributed by atoms with Crippen LogP contribution in [0.1, 0.15) is 59.3 Å². The largest absolute Gasteiger partial charge is 0.453 e. The second kappa shape index (κ2) is 12.7. The van der Waals surface area contributed by atoms with Crippen molar-refractivity contribution in [2.75, 3.05) is 0 Å². The van der Waals surface area contributed by atoms with Crippen molar-refractivity contribution in [3.05, 3.63) is 68.1 Å². The Morgan fingerprint density at radius 3 is 2.23 bits per heavy atom. The molecule has 0 radical (unpaired) electrons. The summed E-state index contributed by atoms with van der Waals surface area (Å²) in [7, 11) is 0. The number of fused-ring (bicyclic) bond motifs is 1. The first-order valence-corrected chi connectivity index (χ1v) is 13.2. The van der Waals surface area contributed by atoms with Crippen molar-refractivity contribution in [1.82, 2.24) is 5.32 Å². The summed E-state index contributed by atoms with van der Waals surface area (Å²) in [5.74, 6) is -4.31. The van der Waals surface area contributed by atoms with E-state index in [1.807, 2.05) is 13.8 Å². The number of hydrogen-bond donors (Lipinski definition) is 1. The second-order valence-corrected chi connectivity index (χ2v) is 11.0. The lowest BCUT2D eigenvalue weighted by molar-refractivity contribution is -0.384. The van der Waals surface area contributed by atoms with Crippen LogP contribution >= 0.6 is 0 Å². The van der Waals surface area contributed by atoms with Gasteiger partial charge in [0.2, 0.25) is 11.2 Å². The molecule has 232 valence electrons. The van der Waals surface area contributed by atoms with Crippen LogP contribution in [-0.4, -0.2) is 28.6 Å². The number of aryl methyl sites for hydroxylation is 1. The molecule has 0 aliphatic carbocycles. The van der Waals surface area contributed by atoms with Crippen molar-refractivity contribution in [1.29, 1.82) is 0 Å². The third kappa shape index (κ3) is 8.46. The number of nitro groups is 1. The fourth-order valence-corrected chi connectivity index (χ4v) is 3.97. The van der Waals surface area contributed by atoms with E-state index in [-0.39, 0.29) is 46.9 Å². The molecule has 1 heterocycles. The maximum Gasteiger partial charge on any atom is 0.453 e. The van der Waals surface area contributed by atoms with Gasteiger partial charge in [-0.05, 0) is 63.3 Å². The number of esters is 1. The Morgan fingerprint density at radius 1 is 1.09 bits per heavy atom.